The van der Waals surface area contributed by atoms with Gasteiger partial charge in [-0.2, -0.15) is 0 Å². The summed E-state index contributed by atoms with van der Waals surface area (Å²) < 4.78 is 31.8. The van der Waals surface area contributed by atoms with Crippen LogP contribution in [0.2, 0.25) is 0 Å². The second kappa shape index (κ2) is 7.65. The molecule has 0 saturated heterocycles. The fourth-order valence-electron chi connectivity index (χ4n) is 1.70. The summed E-state index contributed by atoms with van der Waals surface area (Å²) in [5, 5.41) is 2.57. The quantitative estimate of drug-likeness (QED) is 0.538. The van der Waals surface area contributed by atoms with Crippen molar-refractivity contribution in [2.75, 3.05) is 18.8 Å². The average molecular weight is 343 g/mol. The van der Waals surface area contributed by atoms with Crippen LogP contribution in [0.5, 0.6) is 0 Å². The van der Waals surface area contributed by atoms with Gasteiger partial charge in [-0.25, -0.2) is 17.9 Å². The van der Waals surface area contributed by atoms with Crippen LogP contribution in [-0.4, -0.2) is 33.2 Å². The van der Waals surface area contributed by atoms with Crippen molar-refractivity contribution < 1.29 is 17.9 Å². The standard InChI is InChI=1S/C15H25N3O4S/c1-11-10-12(6-7-13(11)16)23(20,21)18-9-5-8-17-14(19)22-15(2,3)4/h6-7,10,18H,5,8-9,16H2,1-4H3,(H,17,19). The summed E-state index contributed by atoms with van der Waals surface area (Å²) in [6.45, 7) is 7.60. The number of carbonyl (C=O) groups is 1. The van der Waals surface area contributed by atoms with Crippen molar-refractivity contribution >= 4 is 21.8 Å². The van der Waals surface area contributed by atoms with E-state index < -0.39 is 21.7 Å². The van der Waals surface area contributed by atoms with Gasteiger partial charge in [-0.15, -0.1) is 0 Å². The Morgan fingerprint density at radius 1 is 1.26 bits per heavy atom. The van der Waals surface area contributed by atoms with Crippen molar-refractivity contribution in [3.05, 3.63) is 23.8 Å². The van der Waals surface area contributed by atoms with Crippen LogP contribution in [0.4, 0.5) is 10.5 Å². The van der Waals surface area contributed by atoms with Gasteiger partial charge >= 0.3 is 6.09 Å². The molecule has 0 spiro atoms. The number of sulfonamides is 1. The lowest BCUT2D eigenvalue weighted by Gasteiger charge is -2.19. The Morgan fingerprint density at radius 3 is 2.48 bits per heavy atom. The van der Waals surface area contributed by atoms with Crippen LogP contribution in [0.25, 0.3) is 0 Å². The highest BCUT2D eigenvalue weighted by Gasteiger charge is 2.16. The Morgan fingerprint density at radius 2 is 1.91 bits per heavy atom. The molecular weight excluding hydrogens is 318 g/mol. The molecule has 0 saturated carbocycles. The van der Waals surface area contributed by atoms with E-state index in [0.717, 1.165) is 0 Å². The zero-order valence-corrected chi connectivity index (χ0v) is 14.8. The largest absolute Gasteiger partial charge is 0.444 e. The second-order valence-corrected chi connectivity index (χ2v) is 7.97. The fraction of sp³-hybridized carbons (Fsp3) is 0.533. The predicted octanol–water partition coefficient (Wildman–Crippen LogP) is 1.77. The maximum Gasteiger partial charge on any atom is 0.407 e. The predicted molar refractivity (Wildman–Crippen MR) is 89.6 cm³/mol. The van der Waals surface area contributed by atoms with Gasteiger partial charge in [-0.3, -0.25) is 0 Å². The van der Waals surface area contributed by atoms with Gasteiger partial charge in [0.25, 0.3) is 0 Å². The third kappa shape index (κ3) is 6.87. The summed E-state index contributed by atoms with van der Waals surface area (Å²) in [5.41, 5.74) is 6.37. The van der Waals surface area contributed by atoms with Crippen molar-refractivity contribution in [2.24, 2.45) is 0 Å². The van der Waals surface area contributed by atoms with E-state index in [1.165, 1.54) is 12.1 Å². The number of hydrogen-bond donors (Lipinski definition) is 3. The number of benzene rings is 1. The van der Waals surface area contributed by atoms with E-state index in [4.69, 9.17) is 10.5 Å². The maximum atomic E-state index is 12.1. The van der Waals surface area contributed by atoms with Crippen LogP contribution in [0.3, 0.4) is 0 Å². The molecule has 0 radical (unpaired) electrons. The summed E-state index contributed by atoms with van der Waals surface area (Å²) in [7, 11) is -3.58. The molecule has 8 heteroatoms. The number of rotatable bonds is 6. The Labute approximate surface area is 137 Å². The first kappa shape index (κ1) is 19.2. The van der Waals surface area contributed by atoms with E-state index >= 15 is 0 Å². The number of nitrogen functional groups attached to an aromatic ring is 1. The van der Waals surface area contributed by atoms with Gasteiger partial charge in [-0.1, -0.05) is 0 Å². The zero-order valence-electron chi connectivity index (χ0n) is 14.0. The Bertz CT molecular complexity index is 651. The molecule has 0 aliphatic carbocycles. The summed E-state index contributed by atoms with van der Waals surface area (Å²) in [6.07, 6.45) is -0.0681. The molecule has 0 aliphatic rings. The normalized spacial score (nSPS) is 12.0. The van der Waals surface area contributed by atoms with E-state index in [0.29, 0.717) is 24.2 Å². The van der Waals surface area contributed by atoms with Crippen LogP contribution in [0, 0.1) is 6.92 Å². The molecule has 23 heavy (non-hydrogen) atoms. The molecule has 1 aromatic carbocycles. The zero-order chi connectivity index (χ0) is 17.7. The summed E-state index contributed by atoms with van der Waals surface area (Å²) in [6, 6.07) is 4.55. The highest BCUT2D eigenvalue weighted by Crippen LogP contribution is 2.16. The monoisotopic (exact) mass is 343 g/mol. The average Bonchev–Trinajstić information content (AvgIpc) is 2.39. The first-order valence-corrected chi connectivity index (χ1v) is 8.82. The van der Waals surface area contributed by atoms with E-state index in [2.05, 4.69) is 10.0 Å². The molecular formula is C15H25N3O4S. The fourth-order valence-corrected chi connectivity index (χ4v) is 2.86. The Kier molecular flexibility index (Phi) is 6.40. The van der Waals surface area contributed by atoms with Crippen molar-refractivity contribution in [1.82, 2.24) is 10.0 Å². The molecule has 0 fully saturated rings. The number of hydrogen-bond acceptors (Lipinski definition) is 5. The van der Waals surface area contributed by atoms with Gasteiger partial charge in [0, 0.05) is 18.8 Å². The maximum absolute atomic E-state index is 12.1. The molecule has 0 aromatic heterocycles. The van der Waals surface area contributed by atoms with Crippen LogP contribution in [-0.2, 0) is 14.8 Å². The highest BCUT2D eigenvalue weighted by atomic mass is 32.2. The van der Waals surface area contributed by atoms with Gasteiger partial charge in [-0.05, 0) is 57.9 Å². The molecule has 4 N–H and O–H groups in total. The van der Waals surface area contributed by atoms with Gasteiger partial charge in [0.15, 0.2) is 0 Å². The Hall–Kier alpha value is -1.80. The van der Waals surface area contributed by atoms with Crippen LogP contribution < -0.4 is 15.8 Å². The minimum Gasteiger partial charge on any atom is -0.444 e. The minimum absolute atomic E-state index is 0.171. The number of nitrogens with two attached hydrogens (primary N) is 1. The first-order chi connectivity index (χ1) is 10.5. The molecule has 0 heterocycles. The molecule has 1 rings (SSSR count). The molecule has 1 amide bonds. The lowest BCUT2D eigenvalue weighted by atomic mass is 10.2. The van der Waals surface area contributed by atoms with Gasteiger partial charge in [0.2, 0.25) is 10.0 Å². The van der Waals surface area contributed by atoms with E-state index in [1.807, 2.05) is 0 Å². The number of ether oxygens (including phenoxy) is 1. The van der Waals surface area contributed by atoms with Crippen molar-refractivity contribution in [2.45, 2.75) is 44.6 Å². The number of amides is 1. The van der Waals surface area contributed by atoms with Crippen LogP contribution in [0.15, 0.2) is 23.1 Å². The third-order valence-electron chi connectivity index (χ3n) is 2.87. The number of nitrogens with one attached hydrogen (secondary N) is 2. The molecule has 1 aromatic rings. The summed E-state index contributed by atoms with van der Waals surface area (Å²) >= 11 is 0. The van der Waals surface area contributed by atoms with E-state index in [-0.39, 0.29) is 11.4 Å². The minimum atomic E-state index is -3.58. The number of anilines is 1. The highest BCUT2D eigenvalue weighted by molar-refractivity contribution is 7.89. The Balaban J connectivity index is 2.40. The molecule has 0 unspecified atom stereocenters. The van der Waals surface area contributed by atoms with E-state index in [9.17, 15) is 13.2 Å². The molecule has 7 nitrogen and oxygen atoms in total. The number of carbonyl (C=O) groups excluding carboxylic acids is 1. The molecule has 0 bridgehead atoms. The van der Waals surface area contributed by atoms with Crippen molar-refractivity contribution in [1.29, 1.82) is 0 Å². The van der Waals surface area contributed by atoms with Crippen LogP contribution >= 0.6 is 0 Å². The van der Waals surface area contributed by atoms with Gasteiger partial charge in [0.05, 0.1) is 4.90 Å². The second-order valence-electron chi connectivity index (χ2n) is 6.20. The lowest BCUT2D eigenvalue weighted by Crippen LogP contribution is -2.34. The first-order valence-electron chi connectivity index (χ1n) is 7.34. The summed E-state index contributed by atoms with van der Waals surface area (Å²) in [5.74, 6) is 0. The topological polar surface area (TPSA) is 111 Å². The third-order valence-corrected chi connectivity index (χ3v) is 4.32. The van der Waals surface area contributed by atoms with E-state index in [1.54, 1.807) is 33.8 Å². The van der Waals surface area contributed by atoms with Gasteiger partial charge in [0.1, 0.15) is 5.60 Å². The van der Waals surface area contributed by atoms with Crippen LogP contribution in [0.1, 0.15) is 32.8 Å². The lowest BCUT2D eigenvalue weighted by molar-refractivity contribution is 0.0527. The molecule has 0 aliphatic heterocycles. The number of aryl methyl sites for hydroxylation is 1. The van der Waals surface area contributed by atoms with Crippen molar-refractivity contribution in [3.8, 4) is 0 Å². The van der Waals surface area contributed by atoms with Gasteiger partial charge < -0.3 is 15.8 Å². The SMILES string of the molecule is Cc1cc(S(=O)(=O)NCCCNC(=O)OC(C)(C)C)ccc1N. The molecule has 130 valence electrons. The number of alkyl carbamates (subject to hydrolysis) is 1. The summed E-state index contributed by atoms with van der Waals surface area (Å²) in [4.78, 5) is 11.6. The smallest absolute Gasteiger partial charge is 0.407 e. The van der Waals surface area contributed by atoms with Crippen molar-refractivity contribution in [3.63, 3.8) is 0 Å². The molecule has 0 atom stereocenters.